The SMILES string of the molecule is Cn1nc(C2C=Nc3[nH]ccc3N2C2CCCC(N)C2)c2ccc(Cl)cc21. The molecule has 3 atom stereocenters. The number of hydrogen-bond donors (Lipinski definition) is 2. The maximum atomic E-state index is 6.32. The number of anilines is 1. The Labute approximate surface area is 163 Å². The standard InChI is InChI=1S/C20H23ClN6/c1-26-17-9-12(21)5-6-15(17)19(25-26)18-11-24-20-16(7-8-23-20)27(18)14-4-2-3-13(22)10-14/h5-9,11,13-14,18,23H,2-4,10,22H2,1H3. The Kier molecular flexibility index (Phi) is 3.98. The summed E-state index contributed by atoms with van der Waals surface area (Å²) in [5, 5.41) is 6.69. The predicted octanol–water partition coefficient (Wildman–Crippen LogP) is 4.09. The molecule has 1 saturated carbocycles. The number of rotatable bonds is 2. The molecule has 2 aliphatic rings. The number of H-pyrrole nitrogens is 1. The maximum absolute atomic E-state index is 6.32. The third kappa shape index (κ3) is 2.75. The van der Waals surface area contributed by atoms with Gasteiger partial charge in [-0.25, -0.2) is 4.99 Å². The van der Waals surface area contributed by atoms with Gasteiger partial charge in [-0.05, 0) is 49.9 Å². The van der Waals surface area contributed by atoms with Gasteiger partial charge in [-0.2, -0.15) is 5.10 Å². The van der Waals surface area contributed by atoms with Crippen LogP contribution >= 0.6 is 11.6 Å². The molecule has 1 aliphatic heterocycles. The molecule has 3 heterocycles. The minimum Gasteiger partial charge on any atom is -0.352 e. The lowest BCUT2D eigenvalue weighted by Gasteiger charge is -2.42. The van der Waals surface area contributed by atoms with E-state index >= 15 is 0 Å². The van der Waals surface area contributed by atoms with Crippen LogP contribution in [-0.2, 0) is 7.05 Å². The van der Waals surface area contributed by atoms with E-state index in [1.807, 2.05) is 36.3 Å². The highest BCUT2D eigenvalue weighted by atomic mass is 35.5. The Bertz CT molecular complexity index is 1020. The zero-order valence-electron chi connectivity index (χ0n) is 15.3. The first-order chi connectivity index (χ1) is 13.1. The van der Waals surface area contributed by atoms with Gasteiger partial charge in [0.25, 0.3) is 0 Å². The molecule has 0 radical (unpaired) electrons. The molecule has 7 heteroatoms. The Hall–Kier alpha value is -2.31. The summed E-state index contributed by atoms with van der Waals surface area (Å²) in [6.07, 6.45) is 8.36. The van der Waals surface area contributed by atoms with Crippen LogP contribution in [0.5, 0.6) is 0 Å². The topological polar surface area (TPSA) is 75.2 Å². The van der Waals surface area contributed by atoms with E-state index in [1.165, 1.54) is 0 Å². The molecule has 0 bridgehead atoms. The Morgan fingerprint density at radius 1 is 1.26 bits per heavy atom. The number of nitrogens with one attached hydrogen (secondary N) is 1. The molecule has 2 aromatic heterocycles. The fraction of sp³-hybridized carbons (Fsp3) is 0.400. The van der Waals surface area contributed by atoms with E-state index in [2.05, 4.69) is 27.0 Å². The van der Waals surface area contributed by atoms with E-state index in [0.717, 1.165) is 58.8 Å². The van der Waals surface area contributed by atoms with Crippen LogP contribution in [-0.4, -0.2) is 33.1 Å². The van der Waals surface area contributed by atoms with Crippen LogP contribution in [0.25, 0.3) is 10.9 Å². The number of aromatic nitrogens is 3. The first kappa shape index (κ1) is 16.8. The summed E-state index contributed by atoms with van der Waals surface area (Å²) >= 11 is 6.21. The highest BCUT2D eigenvalue weighted by molar-refractivity contribution is 6.31. The van der Waals surface area contributed by atoms with Crippen LogP contribution in [0, 0.1) is 0 Å². The predicted molar refractivity (Wildman–Crippen MR) is 110 cm³/mol. The van der Waals surface area contributed by atoms with Crippen molar-refractivity contribution in [2.45, 2.75) is 43.8 Å². The summed E-state index contributed by atoms with van der Waals surface area (Å²) in [7, 11) is 1.96. The monoisotopic (exact) mass is 382 g/mol. The van der Waals surface area contributed by atoms with E-state index in [0.29, 0.717) is 6.04 Å². The van der Waals surface area contributed by atoms with E-state index in [4.69, 9.17) is 22.4 Å². The normalized spacial score (nSPS) is 25.1. The molecule has 1 fully saturated rings. The number of nitrogens with two attached hydrogens (primary N) is 1. The summed E-state index contributed by atoms with van der Waals surface area (Å²) < 4.78 is 1.90. The molecule has 140 valence electrons. The molecule has 3 N–H and O–H groups in total. The van der Waals surface area contributed by atoms with Crippen molar-refractivity contribution in [3.8, 4) is 0 Å². The van der Waals surface area contributed by atoms with E-state index in [1.54, 1.807) is 0 Å². The van der Waals surface area contributed by atoms with E-state index in [-0.39, 0.29) is 12.1 Å². The van der Waals surface area contributed by atoms with Gasteiger partial charge in [-0.1, -0.05) is 11.6 Å². The number of fused-ring (bicyclic) bond motifs is 2. The fourth-order valence-corrected chi connectivity index (χ4v) is 4.75. The molecule has 27 heavy (non-hydrogen) atoms. The van der Waals surface area contributed by atoms with E-state index in [9.17, 15) is 0 Å². The Morgan fingerprint density at radius 3 is 3.00 bits per heavy atom. The smallest absolute Gasteiger partial charge is 0.153 e. The number of aromatic amines is 1. The first-order valence-corrected chi connectivity index (χ1v) is 9.87. The van der Waals surface area contributed by atoms with Crippen LogP contribution in [0.2, 0.25) is 5.02 Å². The van der Waals surface area contributed by atoms with E-state index < -0.39 is 0 Å². The quantitative estimate of drug-likeness (QED) is 0.700. The fourth-order valence-electron chi connectivity index (χ4n) is 4.59. The van der Waals surface area contributed by atoms with Crippen molar-refractivity contribution in [2.75, 3.05) is 4.90 Å². The van der Waals surface area contributed by atoms with Crippen molar-refractivity contribution in [1.29, 1.82) is 0 Å². The van der Waals surface area contributed by atoms with Crippen molar-refractivity contribution in [3.05, 3.63) is 41.2 Å². The molecule has 0 saturated heterocycles. The lowest BCUT2D eigenvalue weighted by molar-refractivity contribution is 0.366. The van der Waals surface area contributed by atoms with Gasteiger partial charge in [0.15, 0.2) is 5.82 Å². The zero-order valence-corrected chi connectivity index (χ0v) is 16.0. The number of aryl methyl sites for hydroxylation is 1. The molecule has 0 amide bonds. The van der Waals surface area contributed by atoms with Crippen LogP contribution in [0.1, 0.15) is 37.4 Å². The molecule has 5 rings (SSSR count). The van der Waals surface area contributed by atoms with Crippen molar-refractivity contribution < 1.29 is 0 Å². The van der Waals surface area contributed by atoms with Crippen LogP contribution in [0.3, 0.4) is 0 Å². The van der Waals surface area contributed by atoms with Gasteiger partial charge in [0.1, 0.15) is 6.04 Å². The number of halogens is 1. The van der Waals surface area contributed by atoms with Gasteiger partial charge < -0.3 is 15.6 Å². The van der Waals surface area contributed by atoms with Gasteiger partial charge in [-0.15, -0.1) is 0 Å². The highest BCUT2D eigenvalue weighted by Gasteiger charge is 2.36. The number of nitrogens with zero attached hydrogens (tertiary/aromatic N) is 4. The summed E-state index contributed by atoms with van der Waals surface area (Å²) in [4.78, 5) is 10.4. The molecular weight excluding hydrogens is 360 g/mol. The molecule has 6 nitrogen and oxygen atoms in total. The van der Waals surface area contributed by atoms with Gasteiger partial charge >= 0.3 is 0 Å². The summed E-state index contributed by atoms with van der Waals surface area (Å²) in [5.74, 6) is 0.911. The van der Waals surface area contributed by atoms with Gasteiger partial charge in [0.2, 0.25) is 0 Å². The second kappa shape index (κ2) is 6.39. The molecule has 0 spiro atoms. The highest BCUT2D eigenvalue weighted by Crippen LogP contribution is 2.42. The molecule has 1 aromatic carbocycles. The number of benzene rings is 1. The largest absolute Gasteiger partial charge is 0.352 e. The zero-order chi connectivity index (χ0) is 18.5. The molecule has 1 aliphatic carbocycles. The number of hydrogen-bond acceptors (Lipinski definition) is 4. The van der Waals surface area contributed by atoms with Crippen LogP contribution in [0.15, 0.2) is 35.5 Å². The van der Waals surface area contributed by atoms with Gasteiger partial charge in [0, 0.05) is 42.0 Å². The summed E-state index contributed by atoms with van der Waals surface area (Å²) in [6, 6.07) is 8.68. The second-order valence-corrected chi connectivity index (χ2v) is 8.03. The molecular formula is C20H23ClN6. The van der Waals surface area contributed by atoms with Crippen molar-refractivity contribution in [2.24, 2.45) is 17.8 Å². The Morgan fingerprint density at radius 2 is 2.15 bits per heavy atom. The summed E-state index contributed by atoms with van der Waals surface area (Å²) in [5.41, 5.74) is 9.50. The average molecular weight is 383 g/mol. The third-order valence-corrected chi connectivity index (χ3v) is 6.06. The minimum atomic E-state index is -0.0199. The second-order valence-electron chi connectivity index (χ2n) is 7.59. The third-order valence-electron chi connectivity index (χ3n) is 5.83. The van der Waals surface area contributed by atoms with Crippen molar-refractivity contribution in [1.82, 2.24) is 14.8 Å². The van der Waals surface area contributed by atoms with Gasteiger partial charge in [0.05, 0.1) is 16.9 Å². The number of aliphatic imine (C=N–C) groups is 1. The van der Waals surface area contributed by atoms with Crippen LogP contribution < -0.4 is 10.6 Å². The summed E-state index contributed by atoms with van der Waals surface area (Å²) in [6.45, 7) is 0. The first-order valence-electron chi connectivity index (χ1n) is 9.49. The maximum Gasteiger partial charge on any atom is 0.153 e. The van der Waals surface area contributed by atoms with Gasteiger partial charge in [-0.3, -0.25) is 4.68 Å². The lowest BCUT2D eigenvalue weighted by atomic mass is 9.88. The average Bonchev–Trinajstić information content (AvgIpc) is 3.25. The lowest BCUT2D eigenvalue weighted by Crippen LogP contribution is -2.46. The Balaban J connectivity index is 1.64. The van der Waals surface area contributed by atoms with Crippen molar-refractivity contribution >= 4 is 40.2 Å². The molecule has 3 unspecified atom stereocenters. The van der Waals surface area contributed by atoms with Crippen LogP contribution in [0.4, 0.5) is 11.5 Å². The van der Waals surface area contributed by atoms with Crippen molar-refractivity contribution in [3.63, 3.8) is 0 Å². The minimum absolute atomic E-state index is 0.0199. The molecule has 3 aromatic rings.